The summed E-state index contributed by atoms with van der Waals surface area (Å²) in [5.41, 5.74) is -2.36. The van der Waals surface area contributed by atoms with E-state index >= 15 is 4.39 Å². The Morgan fingerprint density at radius 3 is 2.68 bits per heavy atom. The number of alkyl halides is 1. The van der Waals surface area contributed by atoms with E-state index in [0.717, 1.165) is 18.4 Å². The number of thiol groups is 1. The number of rotatable bonds is 1. The minimum atomic E-state index is -1.80. The molecule has 7 atom stereocenters. The van der Waals surface area contributed by atoms with Gasteiger partial charge < -0.3 is 5.11 Å². The highest BCUT2D eigenvalue weighted by atomic mass is 32.1. The van der Waals surface area contributed by atoms with Crippen molar-refractivity contribution < 1.29 is 19.1 Å². The van der Waals surface area contributed by atoms with Crippen LogP contribution in [-0.2, 0) is 9.59 Å². The zero-order valence-electron chi connectivity index (χ0n) is 14.7. The fourth-order valence-electron chi connectivity index (χ4n) is 6.61. The smallest absolute Gasteiger partial charge is 0.189 e. The summed E-state index contributed by atoms with van der Waals surface area (Å²) in [5.74, 6) is -0.565. The van der Waals surface area contributed by atoms with E-state index in [-0.39, 0.29) is 35.1 Å². The van der Waals surface area contributed by atoms with Gasteiger partial charge in [0.1, 0.15) is 0 Å². The maximum Gasteiger partial charge on any atom is 0.189 e. The maximum atomic E-state index is 16.6. The predicted octanol–water partition coefficient (Wildman–Crippen LogP) is 3.43. The van der Waals surface area contributed by atoms with Gasteiger partial charge >= 0.3 is 0 Å². The number of hydrogen-bond acceptors (Lipinski definition) is 3. The highest BCUT2D eigenvalue weighted by molar-refractivity contribution is 7.96. The molecule has 1 N–H and O–H groups in total. The molecule has 0 bridgehead atoms. The second-order valence-corrected chi connectivity index (χ2v) is 9.26. The van der Waals surface area contributed by atoms with Crippen LogP contribution < -0.4 is 0 Å². The minimum Gasteiger partial charge on any atom is -0.390 e. The van der Waals surface area contributed by atoms with E-state index < -0.39 is 22.6 Å². The van der Waals surface area contributed by atoms with Gasteiger partial charge in [-0.1, -0.05) is 18.6 Å². The van der Waals surface area contributed by atoms with Crippen LogP contribution in [0, 0.1) is 28.6 Å². The Morgan fingerprint density at radius 2 is 2.00 bits per heavy atom. The van der Waals surface area contributed by atoms with Crippen LogP contribution in [0.5, 0.6) is 0 Å². The molecule has 3 fully saturated rings. The number of aliphatic hydroxyl groups excluding tert-OH is 1. The molecular weight excluding hydrogens is 339 g/mol. The van der Waals surface area contributed by atoms with Gasteiger partial charge in [0.15, 0.2) is 16.6 Å². The number of ketones is 1. The van der Waals surface area contributed by atoms with Gasteiger partial charge in [-0.15, -0.1) is 12.6 Å². The minimum absolute atomic E-state index is 0.0615. The molecule has 0 saturated heterocycles. The molecule has 5 heteroatoms. The van der Waals surface area contributed by atoms with E-state index in [9.17, 15) is 14.7 Å². The molecule has 0 aliphatic heterocycles. The summed E-state index contributed by atoms with van der Waals surface area (Å²) in [6.45, 7) is 3.84. The summed E-state index contributed by atoms with van der Waals surface area (Å²) < 4.78 is 16.6. The molecule has 4 aliphatic rings. The molecule has 4 aliphatic carbocycles. The standard InChI is InChI=1S/C20H25FO3S/c1-18-10-16(23)20(21)14(13(18)5-6-15(18)17(24)25)4-3-11-9-12(22)7-8-19(11,20)2/h7-9,13-16,23H,3-6,10H2,1-2H3,(H,24,25)/t13-,14-,15+,16-,18-,19-,20-/m0/s1. The van der Waals surface area contributed by atoms with Crippen molar-refractivity contribution >= 4 is 23.5 Å². The van der Waals surface area contributed by atoms with Crippen LogP contribution in [0.15, 0.2) is 23.8 Å². The van der Waals surface area contributed by atoms with Crippen LogP contribution in [0.4, 0.5) is 4.39 Å². The molecule has 0 aromatic carbocycles. The van der Waals surface area contributed by atoms with E-state index in [2.05, 4.69) is 12.6 Å². The van der Waals surface area contributed by atoms with Crippen molar-refractivity contribution in [3.05, 3.63) is 23.8 Å². The van der Waals surface area contributed by atoms with Crippen LogP contribution >= 0.6 is 12.6 Å². The first-order chi connectivity index (χ1) is 11.6. The van der Waals surface area contributed by atoms with Gasteiger partial charge in [0.2, 0.25) is 0 Å². The zero-order valence-corrected chi connectivity index (χ0v) is 15.6. The summed E-state index contributed by atoms with van der Waals surface area (Å²) in [5, 5.41) is 10.8. The molecule has 4 rings (SSSR count). The van der Waals surface area contributed by atoms with Crippen molar-refractivity contribution in [2.75, 3.05) is 0 Å². The van der Waals surface area contributed by atoms with Crippen LogP contribution in [-0.4, -0.2) is 27.8 Å². The Kier molecular flexibility index (Phi) is 3.70. The van der Waals surface area contributed by atoms with E-state index in [0.29, 0.717) is 12.8 Å². The molecule has 0 aromatic rings. The largest absolute Gasteiger partial charge is 0.390 e. The second kappa shape index (κ2) is 5.29. The maximum absolute atomic E-state index is 16.6. The first kappa shape index (κ1) is 17.5. The van der Waals surface area contributed by atoms with Crippen molar-refractivity contribution in [3.63, 3.8) is 0 Å². The monoisotopic (exact) mass is 364 g/mol. The zero-order chi connectivity index (χ0) is 18.2. The van der Waals surface area contributed by atoms with Crippen molar-refractivity contribution in [2.24, 2.45) is 28.6 Å². The van der Waals surface area contributed by atoms with E-state index in [4.69, 9.17) is 0 Å². The molecule has 3 saturated carbocycles. The van der Waals surface area contributed by atoms with Gasteiger partial charge in [0.25, 0.3) is 0 Å². The molecule has 0 radical (unpaired) electrons. The molecular formula is C20H25FO3S. The number of carbonyl (C=O) groups is 2. The van der Waals surface area contributed by atoms with Crippen LogP contribution in [0.25, 0.3) is 0 Å². The van der Waals surface area contributed by atoms with Gasteiger partial charge in [-0.2, -0.15) is 0 Å². The van der Waals surface area contributed by atoms with Gasteiger partial charge in [-0.05, 0) is 62.5 Å². The van der Waals surface area contributed by atoms with Crippen molar-refractivity contribution in [2.45, 2.75) is 57.7 Å². The lowest BCUT2D eigenvalue weighted by atomic mass is 9.45. The van der Waals surface area contributed by atoms with Gasteiger partial charge in [0, 0.05) is 17.3 Å². The molecule has 0 amide bonds. The molecule has 0 spiro atoms. The lowest BCUT2D eigenvalue weighted by molar-refractivity contribution is -0.194. The van der Waals surface area contributed by atoms with E-state index in [1.165, 1.54) is 6.08 Å². The fourth-order valence-corrected chi connectivity index (χ4v) is 7.04. The summed E-state index contributed by atoms with van der Waals surface area (Å²) in [6, 6.07) is 0. The third-order valence-electron chi connectivity index (χ3n) is 7.94. The number of halogens is 1. The highest BCUT2D eigenvalue weighted by Crippen LogP contribution is 2.68. The molecule has 0 unspecified atom stereocenters. The predicted molar refractivity (Wildman–Crippen MR) is 95.8 cm³/mol. The topological polar surface area (TPSA) is 54.4 Å². The SMILES string of the molecule is C[C@]12C[C@H](O)[C@@]3(F)[C@@H](CCC4=CC(=O)C=C[C@@]43C)[C@@H]1CC[C@@H]2C(=O)S. The van der Waals surface area contributed by atoms with Crippen LogP contribution in [0.3, 0.4) is 0 Å². The van der Waals surface area contributed by atoms with Gasteiger partial charge in [-0.3, -0.25) is 9.59 Å². The number of allylic oxidation sites excluding steroid dienone is 4. The first-order valence-electron chi connectivity index (χ1n) is 9.18. The molecule has 3 nitrogen and oxygen atoms in total. The van der Waals surface area contributed by atoms with Crippen molar-refractivity contribution in [3.8, 4) is 0 Å². The average Bonchev–Trinajstić information content (AvgIpc) is 2.87. The second-order valence-electron chi connectivity index (χ2n) is 8.82. The quantitative estimate of drug-likeness (QED) is 0.701. The van der Waals surface area contributed by atoms with Crippen LogP contribution in [0.2, 0.25) is 0 Å². The fraction of sp³-hybridized carbons (Fsp3) is 0.700. The number of hydrogen-bond donors (Lipinski definition) is 2. The number of fused-ring (bicyclic) bond motifs is 5. The summed E-state index contributed by atoms with van der Waals surface area (Å²) in [7, 11) is 0. The molecule has 0 aromatic heterocycles. The van der Waals surface area contributed by atoms with Crippen molar-refractivity contribution in [1.29, 1.82) is 0 Å². The number of aliphatic hydroxyl groups is 1. The Balaban J connectivity index is 1.81. The lowest BCUT2D eigenvalue weighted by Gasteiger charge is -2.61. The molecule has 25 heavy (non-hydrogen) atoms. The molecule has 136 valence electrons. The highest BCUT2D eigenvalue weighted by Gasteiger charge is 2.70. The van der Waals surface area contributed by atoms with Crippen molar-refractivity contribution in [1.82, 2.24) is 0 Å². The number of carbonyl (C=O) groups excluding carboxylic acids is 2. The van der Waals surface area contributed by atoms with E-state index in [1.807, 2.05) is 13.8 Å². The summed E-state index contributed by atoms with van der Waals surface area (Å²) in [4.78, 5) is 23.8. The third-order valence-corrected chi connectivity index (χ3v) is 8.25. The van der Waals surface area contributed by atoms with E-state index in [1.54, 1.807) is 12.2 Å². The van der Waals surface area contributed by atoms with Gasteiger partial charge in [0.05, 0.1) is 6.10 Å². The van der Waals surface area contributed by atoms with Crippen LogP contribution in [0.1, 0.15) is 46.0 Å². The Labute approximate surface area is 153 Å². The average molecular weight is 364 g/mol. The first-order valence-corrected chi connectivity index (χ1v) is 9.63. The third kappa shape index (κ3) is 2.03. The summed E-state index contributed by atoms with van der Waals surface area (Å²) >= 11 is 4.06. The lowest BCUT2D eigenvalue weighted by Crippen LogP contribution is -2.66. The Bertz CT molecular complexity index is 716. The normalized spacial score (nSPS) is 51.4. The van der Waals surface area contributed by atoms with Gasteiger partial charge in [-0.25, -0.2) is 4.39 Å². The summed E-state index contributed by atoms with van der Waals surface area (Å²) in [6.07, 6.45) is 6.56. The Hall–Kier alpha value is -0.940. The molecule has 0 heterocycles. The Morgan fingerprint density at radius 1 is 1.28 bits per heavy atom.